The molecule has 1 unspecified atom stereocenters. The summed E-state index contributed by atoms with van der Waals surface area (Å²) in [6.45, 7) is 1.40. The van der Waals surface area contributed by atoms with Crippen LogP contribution in [-0.2, 0) is 17.9 Å². The molecule has 0 aromatic carbocycles. The van der Waals surface area contributed by atoms with Gasteiger partial charge in [0.2, 0.25) is 0 Å². The van der Waals surface area contributed by atoms with E-state index in [-0.39, 0.29) is 6.04 Å². The fourth-order valence-corrected chi connectivity index (χ4v) is 1.62. The van der Waals surface area contributed by atoms with Gasteiger partial charge in [0.1, 0.15) is 12.4 Å². The molecular formula is C8H14N4O. The van der Waals surface area contributed by atoms with Crippen LogP contribution in [0.4, 0.5) is 0 Å². The van der Waals surface area contributed by atoms with E-state index in [1.165, 1.54) is 0 Å². The van der Waals surface area contributed by atoms with Crippen molar-refractivity contribution in [2.45, 2.75) is 32.0 Å². The van der Waals surface area contributed by atoms with Crippen molar-refractivity contribution in [3.63, 3.8) is 0 Å². The Morgan fingerprint density at radius 3 is 3.23 bits per heavy atom. The molecule has 1 aliphatic heterocycles. The Balaban J connectivity index is 2.25. The van der Waals surface area contributed by atoms with Gasteiger partial charge in [0.15, 0.2) is 5.82 Å². The van der Waals surface area contributed by atoms with Gasteiger partial charge in [0.25, 0.3) is 0 Å². The lowest BCUT2D eigenvalue weighted by Crippen LogP contribution is -2.22. The van der Waals surface area contributed by atoms with E-state index in [2.05, 4.69) is 10.1 Å². The van der Waals surface area contributed by atoms with E-state index in [0.29, 0.717) is 6.61 Å². The predicted octanol–water partition coefficient (Wildman–Crippen LogP) is 0.218. The number of methoxy groups -OCH3 is 1. The summed E-state index contributed by atoms with van der Waals surface area (Å²) < 4.78 is 6.85. The van der Waals surface area contributed by atoms with Gasteiger partial charge in [-0.25, -0.2) is 9.67 Å². The Bertz CT molecular complexity index is 296. The number of nitrogens with two attached hydrogens (primary N) is 1. The number of aromatic nitrogens is 3. The molecule has 0 saturated heterocycles. The highest BCUT2D eigenvalue weighted by molar-refractivity contribution is 5.00. The van der Waals surface area contributed by atoms with Crippen LogP contribution in [0, 0.1) is 0 Å². The molecule has 5 heteroatoms. The van der Waals surface area contributed by atoms with Crippen molar-refractivity contribution in [2.75, 3.05) is 7.11 Å². The van der Waals surface area contributed by atoms with Crippen molar-refractivity contribution >= 4 is 0 Å². The van der Waals surface area contributed by atoms with E-state index in [0.717, 1.165) is 31.0 Å². The highest BCUT2D eigenvalue weighted by Gasteiger charge is 2.20. The molecule has 72 valence electrons. The van der Waals surface area contributed by atoms with Gasteiger partial charge in [-0.15, -0.1) is 0 Å². The maximum atomic E-state index is 5.89. The minimum atomic E-state index is 0.0480. The average molecular weight is 182 g/mol. The van der Waals surface area contributed by atoms with Crippen molar-refractivity contribution in [1.29, 1.82) is 0 Å². The van der Waals surface area contributed by atoms with Crippen molar-refractivity contribution in [2.24, 2.45) is 5.73 Å². The molecule has 2 N–H and O–H groups in total. The molecule has 5 nitrogen and oxygen atoms in total. The smallest absolute Gasteiger partial charge is 0.176 e. The number of ether oxygens (including phenoxy) is 1. The number of hydrogen-bond acceptors (Lipinski definition) is 4. The summed E-state index contributed by atoms with van der Waals surface area (Å²) in [4.78, 5) is 4.32. The number of nitrogens with zero attached hydrogens (tertiary/aromatic N) is 3. The zero-order valence-corrected chi connectivity index (χ0v) is 7.73. The summed E-state index contributed by atoms with van der Waals surface area (Å²) in [5, 5.41) is 4.29. The van der Waals surface area contributed by atoms with Crippen LogP contribution in [0.3, 0.4) is 0 Å². The van der Waals surface area contributed by atoms with E-state index in [4.69, 9.17) is 10.5 Å². The van der Waals surface area contributed by atoms with E-state index in [1.54, 1.807) is 7.11 Å². The Hall–Kier alpha value is -0.940. The van der Waals surface area contributed by atoms with Crippen LogP contribution in [-0.4, -0.2) is 21.9 Å². The highest BCUT2D eigenvalue weighted by atomic mass is 16.5. The normalized spacial score (nSPS) is 21.5. The summed E-state index contributed by atoms with van der Waals surface area (Å²) in [7, 11) is 1.64. The van der Waals surface area contributed by atoms with Crippen LogP contribution in [0.15, 0.2) is 0 Å². The monoisotopic (exact) mass is 182 g/mol. The van der Waals surface area contributed by atoms with Gasteiger partial charge in [-0.1, -0.05) is 0 Å². The van der Waals surface area contributed by atoms with Crippen LogP contribution in [0.5, 0.6) is 0 Å². The minimum Gasteiger partial charge on any atom is -0.377 e. The third-order valence-electron chi connectivity index (χ3n) is 2.23. The SMILES string of the molecule is COCc1nc2n(n1)CCCC2N. The molecule has 1 aromatic rings. The first-order valence-electron chi connectivity index (χ1n) is 4.49. The van der Waals surface area contributed by atoms with Crippen LogP contribution in [0.2, 0.25) is 0 Å². The fourth-order valence-electron chi connectivity index (χ4n) is 1.62. The maximum absolute atomic E-state index is 5.89. The first kappa shape index (κ1) is 8.65. The zero-order chi connectivity index (χ0) is 9.26. The summed E-state index contributed by atoms with van der Waals surface area (Å²) >= 11 is 0. The molecule has 0 saturated carbocycles. The highest BCUT2D eigenvalue weighted by Crippen LogP contribution is 2.20. The lowest BCUT2D eigenvalue weighted by molar-refractivity contribution is 0.177. The largest absolute Gasteiger partial charge is 0.377 e. The van der Waals surface area contributed by atoms with Crippen LogP contribution in [0.1, 0.15) is 30.5 Å². The molecule has 0 aliphatic carbocycles. The zero-order valence-electron chi connectivity index (χ0n) is 7.73. The van der Waals surface area contributed by atoms with E-state index in [9.17, 15) is 0 Å². The molecule has 1 atom stereocenters. The van der Waals surface area contributed by atoms with E-state index >= 15 is 0 Å². The molecular weight excluding hydrogens is 168 g/mol. The summed E-state index contributed by atoms with van der Waals surface area (Å²) in [6, 6.07) is 0.0480. The average Bonchev–Trinajstić information content (AvgIpc) is 2.49. The molecule has 2 rings (SSSR count). The topological polar surface area (TPSA) is 66.0 Å². The van der Waals surface area contributed by atoms with Crippen molar-refractivity contribution in [3.05, 3.63) is 11.6 Å². The lowest BCUT2D eigenvalue weighted by Gasteiger charge is -2.17. The van der Waals surface area contributed by atoms with Crippen molar-refractivity contribution < 1.29 is 4.74 Å². The minimum absolute atomic E-state index is 0.0480. The van der Waals surface area contributed by atoms with Crippen molar-refractivity contribution in [1.82, 2.24) is 14.8 Å². The van der Waals surface area contributed by atoms with Gasteiger partial charge in [-0.05, 0) is 12.8 Å². The summed E-state index contributed by atoms with van der Waals surface area (Å²) in [5.74, 6) is 1.63. The van der Waals surface area contributed by atoms with Crippen LogP contribution in [0.25, 0.3) is 0 Å². The van der Waals surface area contributed by atoms with E-state index < -0.39 is 0 Å². The maximum Gasteiger partial charge on any atom is 0.176 e. The lowest BCUT2D eigenvalue weighted by atomic mass is 10.1. The van der Waals surface area contributed by atoms with Gasteiger partial charge < -0.3 is 10.5 Å². The Kier molecular flexibility index (Phi) is 2.28. The first-order chi connectivity index (χ1) is 6.31. The summed E-state index contributed by atoms with van der Waals surface area (Å²) in [5.41, 5.74) is 5.89. The Morgan fingerprint density at radius 2 is 2.54 bits per heavy atom. The second kappa shape index (κ2) is 3.43. The quantitative estimate of drug-likeness (QED) is 0.710. The molecule has 1 aliphatic rings. The molecule has 2 heterocycles. The van der Waals surface area contributed by atoms with Gasteiger partial charge in [0, 0.05) is 13.7 Å². The molecule has 0 amide bonds. The fraction of sp³-hybridized carbons (Fsp3) is 0.750. The van der Waals surface area contributed by atoms with Gasteiger partial charge in [-0.3, -0.25) is 0 Å². The molecule has 0 fully saturated rings. The predicted molar refractivity (Wildman–Crippen MR) is 46.9 cm³/mol. The van der Waals surface area contributed by atoms with Crippen LogP contribution < -0.4 is 5.73 Å². The summed E-state index contributed by atoms with van der Waals surface area (Å²) in [6.07, 6.45) is 2.09. The molecule has 13 heavy (non-hydrogen) atoms. The van der Waals surface area contributed by atoms with Gasteiger partial charge in [0.05, 0.1) is 6.04 Å². The standard InChI is InChI=1S/C8H14N4O/c1-13-5-7-10-8-6(9)3-2-4-12(8)11-7/h6H,2-5,9H2,1H3. The second-order valence-electron chi connectivity index (χ2n) is 3.29. The van der Waals surface area contributed by atoms with Crippen LogP contribution >= 0.6 is 0 Å². The third-order valence-corrected chi connectivity index (χ3v) is 2.23. The van der Waals surface area contributed by atoms with E-state index in [1.807, 2.05) is 4.68 Å². The van der Waals surface area contributed by atoms with Crippen molar-refractivity contribution in [3.8, 4) is 0 Å². The molecule has 0 bridgehead atoms. The number of rotatable bonds is 2. The number of fused-ring (bicyclic) bond motifs is 1. The molecule has 0 radical (unpaired) electrons. The number of aryl methyl sites for hydroxylation is 1. The second-order valence-corrected chi connectivity index (χ2v) is 3.29. The molecule has 1 aromatic heterocycles. The Morgan fingerprint density at radius 1 is 1.69 bits per heavy atom. The number of hydrogen-bond donors (Lipinski definition) is 1. The Labute approximate surface area is 76.9 Å². The van der Waals surface area contributed by atoms with Gasteiger partial charge in [-0.2, -0.15) is 5.10 Å². The molecule has 0 spiro atoms. The van der Waals surface area contributed by atoms with Gasteiger partial charge >= 0.3 is 0 Å². The first-order valence-corrected chi connectivity index (χ1v) is 4.49. The third kappa shape index (κ3) is 1.57.